The number of likely N-dealkylation sites (N-methyl/N-ethyl adjacent to an activating group) is 1. The van der Waals surface area contributed by atoms with Gasteiger partial charge in [0.15, 0.2) is 34.7 Å². The summed E-state index contributed by atoms with van der Waals surface area (Å²) < 4.78 is 28.2. The number of Topliss-reactive ketones (excluding diaryl/α,β-unsaturated/α-hetero) is 7. The van der Waals surface area contributed by atoms with Gasteiger partial charge in [-0.1, -0.05) is 104 Å². The highest BCUT2D eigenvalue weighted by Gasteiger charge is 2.68. The van der Waals surface area contributed by atoms with E-state index in [1.807, 2.05) is 77.0 Å². The van der Waals surface area contributed by atoms with Crippen LogP contribution in [0.4, 0.5) is 0 Å². The van der Waals surface area contributed by atoms with E-state index in [0.29, 0.717) is 118 Å². The standard InChI is InChI=1S/C36H43N5O6.C36H45N5O5.C32H43N5O3/c1-4-29(43)28-14-35-11-9-31(44)36(19-46-21-47-20-36)10-7-5-6-8-24-12-25(26-16-37-23(3)38-17-26)13-27-33(22(2)42)39-40(34(24)27)18-32(45)41(28)30(35)15-35;1-4-30(43)29-15-36-12-8-11-35(20-45-22-46-21-35)10-7-5-6-9-25-13-26(27-17-37-24(3)38-18-27)14-28-33(23(2)42)39-40(34(25)28)19-32(44)41(29)31(36)16-36;1-5-29(39)28-16-14-12-10-8-6-7-9-11-13-15-24-17-25(26-19-33-23(3)34-20-26)18-27-31(22(2)38)35-37(32(24)27)21-30(40)36(28)4/h12-13,16-17,28,30H,4-11,14-15,18-21H2,1-3H3;13-14,17-18,29,31H,4-12,15-16,19-22H2,1-3H3;17-20,28H,5-16,21H2,1-4H3/t28-,30+,35-;29-,31+,36-;28-/m000/s1. The SMILES string of the molecule is CCC(=O)[C@@H]1CCCCCCCCCCCc2cc(-c3cnc(C)nc3)cc3c(C(C)=O)nn(c23)CC(=O)N1C.CCC(=O)[C@@H]1C[C@]23CCC(=O)C4(CCCCCc5cc(-c6cnc(C)nc6)cc6c(C(C)=O)nn(c56)CC(=O)N1[C@@H]2C3)COCOC4.CCC(=O)[C@@H]1C[C@]23CCCC4(CCCCCc5cc(-c6cnc(C)nc6)cc6c(C(C)=O)nn(c56)CC(=O)N1[C@@H]2C3)COCOC4. The van der Waals surface area contributed by atoms with E-state index in [9.17, 15) is 47.9 Å². The predicted molar refractivity (Wildman–Crippen MR) is 502 cm³/mol. The van der Waals surface area contributed by atoms with Crippen LogP contribution in [0.15, 0.2) is 73.6 Å². The minimum absolute atomic E-state index is 0.00162. The van der Waals surface area contributed by atoms with Crippen LogP contribution >= 0.6 is 0 Å². The molecule has 4 saturated heterocycles. The maximum Gasteiger partial charge on any atom is 0.245 e. The first-order chi connectivity index (χ1) is 64.2. The molecule has 6 fully saturated rings. The summed E-state index contributed by atoms with van der Waals surface area (Å²) in [4.78, 5) is 166. The van der Waals surface area contributed by atoms with Crippen molar-refractivity contribution in [1.29, 1.82) is 0 Å². The van der Waals surface area contributed by atoms with Crippen molar-refractivity contribution in [3.63, 3.8) is 0 Å². The Morgan fingerprint density at radius 1 is 0.376 bits per heavy atom. The van der Waals surface area contributed by atoms with Gasteiger partial charge in [0.2, 0.25) is 17.7 Å². The molecule has 2 spiro atoms. The van der Waals surface area contributed by atoms with Crippen molar-refractivity contribution in [2.24, 2.45) is 21.7 Å². The van der Waals surface area contributed by atoms with Crippen LogP contribution < -0.4 is 0 Å². The molecule has 29 heteroatoms. The number of ketones is 7. The van der Waals surface area contributed by atoms with E-state index in [1.165, 1.54) is 52.9 Å². The van der Waals surface area contributed by atoms with Crippen LogP contribution in [0, 0.1) is 42.4 Å². The number of nitrogens with zero attached hydrogens (tertiary/aromatic N) is 15. The van der Waals surface area contributed by atoms with Crippen molar-refractivity contribution in [2.45, 2.75) is 324 Å². The number of hydrogen-bond donors (Lipinski definition) is 0. The van der Waals surface area contributed by atoms with Crippen LogP contribution in [0.1, 0.15) is 300 Å². The Morgan fingerprint density at radius 2 is 0.722 bits per heavy atom. The normalized spacial score (nSPS) is 24.0. The Morgan fingerprint density at radius 3 is 1.12 bits per heavy atom. The molecule has 13 heterocycles. The Kier molecular flexibility index (Phi) is 29.6. The third-order valence-corrected chi connectivity index (χ3v) is 30.3. The second-order valence-electron chi connectivity index (χ2n) is 39.6. The zero-order valence-electron chi connectivity index (χ0n) is 79.4. The van der Waals surface area contributed by atoms with E-state index in [0.717, 1.165) is 213 Å². The second kappa shape index (κ2) is 41.2. The van der Waals surface area contributed by atoms with Gasteiger partial charge < -0.3 is 33.6 Å². The molecule has 9 aromatic rings. The summed E-state index contributed by atoms with van der Waals surface area (Å²) in [5.74, 6) is 1.56. The van der Waals surface area contributed by atoms with Gasteiger partial charge in [0.25, 0.3) is 0 Å². The number of carbonyl (C=O) groups is 10. The lowest BCUT2D eigenvalue weighted by Crippen LogP contribution is -2.44. The Bertz CT molecular complexity index is 5870. The van der Waals surface area contributed by atoms with E-state index in [-0.39, 0.29) is 113 Å². The fourth-order valence-corrected chi connectivity index (χ4v) is 22.7. The second-order valence-corrected chi connectivity index (χ2v) is 39.6. The number of aryl methyl sites for hydroxylation is 6. The number of ether oxygens (including phenoxy) is 4. The van der Waals surface area contributed by atoms with Gasteiger partial charge >= 0.3 is 0 Å². The average Bonchev–Trinajstić information content (AvgIpc) is 1.54. The number of aromatic nitrogens is 12. The van der Waals surface area contributed by atoms with E-state index < -0.39 is 23.5 Å². The first kappa shape index (κ1) is 95.4. The lowest BCUT2D eigenvalue weighted by atomic mass is 9.76. The number of benzene rings is 3. The van der Waals surface area contributed by atoms with Crippen molar-refractivity contribution >= 4 is 90.9 Å². The monoisotopic (exact) mass is 1810 g/mol. The summed E-state index contributed by atoms with van der Waals surface area (Å²) in [6, 6.07) is 10.9. The van der Waals surface area contributed by atoms with Crippen LogP contribution in [0.3, 0.4) is 0 Å². The molecular weight excluding hydrogens is 1680 g/mol. The molecule has 706 valence electrons. The number of rotatable bonds is 12. The molecule has 0 radical (unpaired) electrons. The number of piperidine rings is 2. The summed E-state index contributed by atoms with van der Waals surface area (Å²) >= 11 is 0. The minimum atomic E-state index is -0.673. The van der Waals surface area contributed by atoms with Gasteiger partial charge in [-0.25, -0.2) is 29.9 Å². The molecule has 0 unspecified atom stereocenters. The van der Waals surface area contributed by atoms with Crippen LogP contribution in [0.5, 0.6) is 0 Å². The molecular formula is C104H131N15O14. The first-order valence-electron chi connectivity index (χ1n) is 49.0. The van der Waals surface area contributed by atoms with Crippen molar-refractivity contribution in [2.75, 3.05) is 47.1 Å². The summed E-state index contributed by atoms with van der Waals surface area (Å²) in [6.45, 7) is 18.3. The largest absolute Gasteiger partial charge is 0.355 e. The molecule has 9 aliphatic rings. The molecule has 29 nitrogen and oxygen atoms in total. The van der Waals surface area contributed by atoms with Gasteiger partial charge in [0, 0.05) is 141 Å². The maximum absolute atomic E-state index is 14.3. The van der Waals surface area contributed by atoms with Gasteiger partial charge in [-0.05, 0) is 204 Å². The zero-order valence-corrected chi connectivity index (χ0v) is 79.4. The molecule has 2 saturated carbocycles. The molecule has 3 aromatic carbocycles. The van der Waals surface area contributed by atoms with Gasteiger partial charge in [-0.15, -0.1) is 0 Å². The molecule has 133 heavy (non-hydrogen) atoms. The molecule has 18 rings (SSSR count). The topological polar surface area (TPSA) is 348 Å². The highest BCUT2D eigenvalue weighted by molar-refractivity contribution is 6.09. The van der Waals surface area contributed by atoms with E-state index >= 15 is 0 Å². The number of carbonyl (C=O) groups excluding carboxylic acids is 10. The number of hydrogen-bond acceptors (Lipinski definition) is 23. The molecule has 7 atom stereocenters. The Labute approximate surface area is 778 Å². The van der Waals surface area contributed by atoms with Crippen molar-refractivity contribution in [3.8, 4) is 33.4 Å². The third-order valence-electron chi connectivity index (χ3n) is 30.3. The van der Waals surface area contributed by atoms with Crippen LogP contribution in [0.2, 0.25) is 0 Å². The Balaban J connectivity index is 0.000000146. The quantitative estimate of drug-likeness (QED) is 0.103. The van der Waals surface area contributed by atoms with Gasteiger partial charge in [0.05, 0.1) is 66.5 Å². The van der Waals surface area contributed by atoms with E-state index in [1.54, 1.807) is 55.7 Å². The van der Waals surface area contributed by atoms with Gasteiger partial charge in [0.1, 0.15) is 73.6 Å². The van der Waals surface area contributed by atoms with Crippen LogP contribution in [-0.4, -0.2) is 209 Å². The highest BCUT2D eigenvalue weighted by Crippen LogP contribution is 2.64. The predicted octanol–water partition coefficient (Wildman–Crippen LogP) is 16.7. The minimum Gasteiger partial charge on any atom is -0.355 e. The van der Waals surface area contributed by atoms with Crippen molar-refractivity contribution < 1.29 is 66.9 Å². The fraction of sp³-hybridized carbons (Fsp3) is 0.587. The molecule has 7 aliphatic heterocycles. The summed E-state index contributed by atoms with van der Waals surface area (Å²) in [7, 11) is 1.73. The molecule has 6 aromatic heterocycles. The lowest BCUT2D eigenvalue weighted by molar-refractivity contribution is -0.178. The zero-order chi connectivity index (χ0) is 93.6. The number of amides is 3. The Hall–Kier alpha value is -10.8. The smallest absolute Gasteiger partial charge is 0.245 e. The first-order valence-corrected chi connectivity index (χ1v) is 49.0. The van der Waals surface area contributed by atoms with E-state index in [4.69, 9.17) is 29.1 Å². The molecule has 2 aliphatic carbocycles. The average molecular weight is 1820 g/mol. The molecule has 4 bridgehead atoms. The van der Waals surface area contributed by atoms with E-state index in [2.05, 4.69) is 53.2 Å². The van der Waals surface area contributed by atoms with Gasteiger partial charge in [-0.2, -0.15) is 15.3 Å². The van der Waals surface area contributed by atoms with Crippen molar-refractivity contribution in [1.82, 2.24) is 73.9 Å². The maximum atomic E-state index is 14.3. The van der Waals surface area contributed by atoms with Gasteiger partial charge in [-0.3, -0.25) is 62.0 Å². The summed E-state index contributed by atoms with van der Waals surface area (Å²) in [5.41, 5.74) is 10.9. The highest BCUT2D eigenvalue weighted by atomic mass is 16.7. The van der Waals surface area contributed by atoms with Crippen molar-refractivity contribution in [3.05, 3.63) is 125 Å². The van der Waals surface area contributed by atoms with Crippen LogP contribution in [-0.2, 0) is 91.4 Å². The van der Waals surface area contributed by atoms with Crippen LogP contribution in [0.25, 0.3) is 66.1 Å². The third kappa shape index (κ3) is 20.6. The summed E-state index contributed by atoms with van der Waals surface area (Å²) in [5, 5.41) is 16.4. The molecule has 0 N–H and O–H groups in total. The lowest BCUT2D eigenvalue weighted by Gasteiger charge is -2.37. The molecule has 3 amide bonds. The fourth-order valence-electron chi connectivity index (χ4n) is 22.7. The summed E-state index contributed by atoms with van der Waals surface area (Å²) in [6.07, 6.45) is 39.7.